The van der Waals surface area contributed by atoms with Gasteiger partial charge in [-0.1, -0.05) is 6.07 Å². The van der Waals surface area contributed by atoms with Crippen molar-refractivity contribution in [1.29, 1.82) is 0 Å². The number of aryl methyl sites for hydroxylation is 4. The Balaban J connectivity index is 1.41. The summed E-state index contributed by atoms with van der Waals surface area (Å²) in [7, 11) is 0. The number of nitrogens with zero attached hydrogens (tertiary/aromatic N) is 2. The number of rotatable bonds is 2. The van der Waals surface area contributed by atoms with E-state index in [4.69, 9.17) is 4.74 Å². The van der Waals surface area contributed by atoms with Crippen LogP contribution < -0.4 is 10.1 Å². The SMILES string of the molecule is Cc1cn2c(n1)CC[C@@H](NC(=O)[C@@H]1Cc3cc(C)c(C)cc3O1)C2. The normalized spacial score (nSPS) is 21.8. The number of fused-ring (bicyclic) bond motifs is 2. The Morgan fingerprint density at radius 1 is 1.29 bits per heavy atom. The van der Waals surface area contributed by atoms with Crippen molar-refractivity contribution in [3.63, 3.8) is 0 Å². The van der Waals surface area contributed by atoms with Gasteiger partial charge in [0.2, 0.25) is 0 Å². The van der Waals surface area contributed by atoms with Crippen LogP contribution in [0, 0.1) is 20.8 Å². The minimum Gasteiger partial charge on any atom is -0.480 e. The van der Waals surface area contributed by atoms with Gasteiger partial charge in [0.05, 0.1) is 5.69 Å². The molecule has 5 nitrogen and oxygen atoms in total. The average molecular weight is 325 g/mol. The molecule has 0 fully saturated rings. The second kappa shape index (κ2) is 5.65. The zero-order chi connectivity index (χ0) is 16.8. The summed E-state index contributed by atoms with van der Waals surface area (Å²) in [6, 6.07) is 4.33. The summed E-state index contributed by atoms with van der Waals surface area (Å²) < 4.78 is 8.04. The summed E-state index contributed by atoms with van der Waals surface area (Å²) in [5.74, 6) is 1.97. The Bertz CT molecular complexity index is 778. The quantitative estimate of drug-likeness (QED) is 0.921. The number of ether oxygens (including phenoxy) is 1. The fourth-order valence-corrected chi connectivity index (χ4v) is 3.66. The molecule has 1 amide bonds. The summed E-state index contributed by atoms with van der Waals surface area (Å²) in [6.07, 6.45) is 4.14. The second-order valence-electron chi connectivity index (χ2n) is 7.05. The first kappa shape index (κ1) is 15.2. The number of hydrogen-bond donors (Lipinski definition) is 1. The Morgan fingerprint density at radius 2 is 2.08 bits per heavy atom. The zero-order valence-electron chi connectivity index (χ0n) is 14.4. The van der Waals surface area contributed by atoms with E-state index in [0.29, 0.717) is 6.42 Å². The highest BCUT2D eigenvalue weighted by molar-refractivity contribution is 5.82. The molecule has 4 rings (SSSR count). The van der Waals surface area contributed by atoms with Crippen molar-refractivity contribution < 1.29 is 9.53 Å². The van der Waals surface area contributed by atoms with E-state index >= 15 is 0 Å². The number of carbonyl (C=O) groups is 1. The lowest BCUT2D eigenvalue weighted by molar-refractivity contribution is -0.128. The van der Waals surface area contributed by atoms with Crippen LogP contribution in [0.5, 0.6) is 5.75 Å². The molecule has 1 aromatic heterocycles. The van der Waals surface area contributed by atoms with Gasteiger partial charge in [0, 0.05) is 31.6 Å². The van der Waals surface area contributed by atoms with Crippen LogP contribution in [0.4, 0.5) is 0 Å². The van der Waals surface area contributed by atoms with E-state index < -0.39 is 6.10 Å². The van der Waals surface area contributed by atoms with Crippen LogP contribution in [0.1, 0.15) is 34.6 Å². The van der Waals surface area contributed by atoms with Gasteiger partial charge in [-0.15, -0.1) is 0 Å². The van der Waals surface area contributed by atoms with Crippen LogP contribution in [-0.4, -0.2) is 27.6 Å². The molecule has 3 heterocycles. The van der Waals surface area contributed by atoms with E-state index in [1.54, 1.807) is 0 Å². The molecule has 1 N–H and O–H groups in total. The summed E-state index contributed by atoms with van der Waals surface area (Å²) in [4.78, 5) is 17.1. The standard InChI is InChI=1S/C19H23N3O2/c1-11-6-14-8-17(24-16(14)7-12(11)2)19(23)21-15-4-5-18-20-13(3)9-22(18)10-15/h6-7,9,15,17H,4-5,8,10H2,1-3H3,(H,21,23)/t15-,17+/m1/s1. The van der Waals surface area contributed by atoms with Crippen molar-refractivity contribution in [1.82, 2.24) is 14.9 Å². The molecule has 2 aromatic rings. The fraction of sp³-hybridized carbons (Fsp3) is 0.474. The maximum Gasteiger partial charge on any atom is 0.261 e. The van der Waals surface area contributed by atoms with Crippen LogP contribution in [0.25, 0.3) is 0 Å². The molecule has 0 saturated heterocycles. The molecule has 0 radical (unpaired) electrons. The molecular weight excluding hydrogens is 302 g/mol. The van der Waals surface area contributed by atoms with Gasteiger partial charge < -0.3 is 14.6 Å². The van der Waals surface area contributed by atoms with Crippen LogP contribution in [0.15, 0.2) is 18.3 Å². The van der Waals surface area contributed by atoms with Gasteiger partial charge in [0.25, 0.3) is 5.91 Å². The number of imidazole rings is 1. The first-order valence-corrected chi connectivity index (χ1v) is 8.59. The van der Waals surface area contributed by atoms with Gasteiger partial charge >= 0.3 is 0 Å². The molecule has 1 aromatic carbocycles. The summed E-state index contributed by atoms with van der Waals surface area (Å²) in [5.41, 5.74) is 4.62. The Morgan fingerprint density at radius 3 is 2.92 bits per heavy atom. The van der Waals surface area contributed by atoms with E-state index in [9.17, 15) is 4.79 Å². The maximum absolute atomic E-state index is 12.6. The molecule has 0 bridgehead atoms. The van der Waals surface area contributed by atoms with Gasteiger partial charge in [0.15, 0.2) is 6.10 Å². The topological polar surface area (TPSA) is 56.2 Å². The lowest BCUT2D eigenvalue weighted by Crippen LogP contribution is -2.46. The van der Waals surface area contributed by atoms with Crippen molar-refractivity contribution in [3.05, 3.63) is 46.5 Å². The monoisotopic (exact) mass is 325 g/mol. The van der Waals surface area contributed by atoms with Crippen LogP contribution in [0.2, 0.25) is 0 Å². The zero-order valence-corrected chi connectivity index (χ0v) is 14.4. The fourth-order valence-electron chi connectivity index (χ4n) is 3.66. The molecular formula is C19H23N3O2. The maximum atomic E-state index is 12.6. The summed E-state index contributed by atoms with van der Waals surface area (Å²) in [6.45, 7) is 6.96. The molecule has 0 spiro atoms. The summed E-state index contributed by atoms with van der Waals surface area (Å²) >= 11 is 0. The van der Waals surface area contributed by atoms with Gasteiger partial charge in [-0.05, 0) is 49.9 Å². The molecule has 2 aliphatic rings. The Labute approximate surface area is 142 Å². The van der Waals surface area contributed by atoms with E-state index in [2.05, 4.69) is 41.0 Å². The third kappa shape index (κ3) is 2.68. The van der Waals surface area contributed by atoms with E-state index in [-0.39, 0.29) is 11.9 Å². The number of aromatic nitrogens is 2. The highest BCUT2D eigenvalue weighted by Gasteiger charge is 2.31. The molecule has 2 aliphatic heterocycles. The second-order valence-corrected chi connectivity index (χ2v) is 7.05. The number of nitrogens with one attached hydrogen (secondary N) is 1. The van der Waals surface area contributed by atoms with Gasteiger partial charge in [0.1, 0.15) is 11.6 Å². The van der Waals surface area contributed by atoms with Crippen LogP contribution >= 0.6 is 0 Å². The number of hydrogen-bond acceptors (Lipinski definition) is 3. The van der Waals surface area contributed by atoms with Gasteiger partial charge in [-0.3, -0.25) is 4.79 Å². The van der Waals surface area contributed by atoms with Gasteiger partial charge in [-0.25, -0.2) is 4.98 Å². The lowest BCUT2D eigenvalue weighted by atomic mass is 10.0. The molecule has 0 aliphatic carbocycles. The van der Waals surface area contributed by atoms with Crippen molar-refractivity contribution in [2.24, 2.45) is 0 Å². The highest BCUT2D eigenvalue weighted by atomic mass is 16.5. The number of amides is 1. The molecule has 126 valence electrons. The molecule has 5 heteroatoms. The van der Waals surface area contributed by atoms with Crippen LogP contribution in [-0.2, 0) is 24.2 Å². The van der Waals surface area contributed by atoms with Crippen molar-refractivity contribution in [2.45, 2.75) is 58.7 Å². The predicted octanol–water partition coefficient (Wildman–Crippen LogP) is 2.24. The lowest BCUT2D eigenvalue weighted by Gasteiger charge is -2.25. The average Bonchev–Trinajstić information content (AvgIpc) is 3.09. The smallest absolute Gasteiger partial charge is 0.261 e. The minimum absolute atomic E-state index is 0.00760. The van der Waals surface area contributed by atoms with Crippen LogP contribution in [0.3, 0.4) is 0 Å². The third-order valence-corrected chi connectivity index (χ3v) is 5.10. The largest absolute Gasteiger partial charge is 0.480 e. The van der Waals surface area contributed by atoms with Crippen molar-refractivity contribution in [2.75, 3.05) is 0 Å². The molecule has 2 atom stereocenters. The molecule has 0 unspecified atom stereocenters. The van der Waals surface area contributed by atoms with Crippen molar-refractivity contribution in [3.8, 4) is 5.75 Å². The predicted molar refractivity (Wildman–Crippen MR) is 91.3 cm³/mol. The molecule has 24 heavy (non-hydrogen) atoms. The highest BCUT2D eigenvalue weighted by Crippen LogP contribution is 2.31. The number of benzene rings is 1. The first-order chi connectivity index (χ1) is 11.5. The Kier molecular flexibility index (Phi) is 3.59. The molecule has 0 saturated carbocycles. The van der Waals surface area contributed by atoms with Gasteiger partial charge in [-0.2, -0.15) is 0 Å². The van der Waals surface area contributed by atoms with Crippen molar-refractivity contribution >= 4 is 5.91 Å². The third-order valence-electron chi connectivity index (χ3n) is 5.10. The van der Waals surface area contributed by atoms with E-state index in [1.165, 1.54) is 11.1 Å². The number of carbonyl (C=O) groups excluding carboxylic acids is 1. The minimum atomic E-state index is -0.410. The first-order valence-electron chi connectivity index (χ1n) is 8.59. The van der Waals surface area contributed by atoms with E-state index in [0.717, 1.165) is 42.2 Å². The summed E-state index contributed by atoms with van der Waals surface area (Å²) in [5, 5.41) is 3.16. The Hall–Kier alpha value is -2.30. The van der Waals surface area contributed by atoms with E-state index in [1.807, 2.05) is 13.0 Å².